The van der Waals surface area contributed by atoms with Gasteiger partial charge in [0.25, 0.3) is 0 Å². The third-order valence-corrected chi connectivity index (χ3v) is 3.09. The zero-order chi connectivity index (χ0) is 14.4. The van der Waals surface area contributed by atoms with Crippen LogP contribution in [-0.2, 0) is 0 Å². The maximum Gasteiger partial charge on any atom is 0.115 e. The maximum atomic E-state index is 10.00. The van der Waals surface area contributed by atoms with Gasteiger partial charge in [0.15, 0.2) is 0 Å². The van der Waals surface area contributed by atoms with Crippen LogP contribution in [0, 0.1) is 0 Å². The SMILES string of the molecule is Oc1ccc(C=CCCC(O)c2ccc(O)cc2)cc1. The molecule has 0 aliphatic heterocycles. The Bertz CT molecular complexity index is 556. The van der Waals surface area contributed by atoms with Crippen molar-refractivity contribution in [1.29, 1.82) is 0 Å². The van der Waals surface area contributed by atoms with E-state index in [2.05, 4.69) is 0 Å². The number of hydrogen-bond acceptors (Lipinski definition) is 3. The zero-order valence-corrected chi connectivity index (χ0v) is 11.1. The number of aliphatic hydroxyl groups is 1. The Balaban J connectivity index is 1.83. The summed E-state index contributed by atoms with van der Waals surface area (Å²) in [5.41, 5.74) is 1.82. The summed E-state index contributed by atoms with van der Waals surface area (Å²) in [5, 5.41) is 28.4. The van der Waals surface area contributed by atoms with Crippen LogP contribution >= 0.6 is 0 Å². The van der Waals surface area contributed by atoms with Crippen molar-refractivity contribution in [2.24, 2.45) is 0 Å². The minimum Gasteiger partial charge on any atom is -0.508 e. The minimum atomic E-state index is -0.528. The summed E-state index contributed by atoms with van der Waals surface area (Å²) in [4.78, 5) is 0. The molecule has 20 heavy (non-hydrogen) atoms. The number of aromatic hydroxyl groups is 2. The first-order valence-electron chi connectivity index (χ1n) is 6.58. The topological polar surface area (TPSA) is 60.7 Å². The van der Waals surface area contributed by atoms with Crippen molar-refractivity contribution in [3.05, 3.63) is 65.7 Å². The summed E-state index contributed by atoms with van der Waals surface area (Å²) < 4.78 is 0. The molecule has 0 saturated carbocycles. The maximum absolute atomic E-state index is 10.00. The first-order valence-corrected chi connectivity index (χ1v) is 6.58. The Morgan fingerprint density at radius 2 is 1.40 bits per heavy atom. The van der Waals surface area contributed by atoms with Crippen LogP contribution in [0.3, 0.4) is 0 Å². The van der Waals surface area contributed by atoms with Crippen molar-refractivity contribution >= 4 is 6.08 Å². The van der Waals surface area contributed by atoms with Gasteiger partial charge in [0.05, 0.1) is 6.10 Å². The van der Waals surface area contributed by atoms with Gasteiger partial charge >= 0.3 is 0 Å². The molecule has 1 unspecified atom stereocenters. The molecular weight excluding hydrogens is 252 g/mol. The minimum absolute atomic E-state index is 0.202. The van der Waals surface area contributed by atoms with E-state index < -0.39 is 6.10 Å². The fourth-order valence-corrected chi connectivity index (χ4v) is 1.92. The second-order valence-electron chi connectivity index (χ2n) is 4.68. The van der Waals surface area contributed by atoms with Gasteiger partial charge in [-0.05, 0) is 48.2 Å². The van der Waals surface area contributed by atoms with Crippen LogP contribution in [0.4, 0.5) is 0 Å². The zero-order valence-electron chi connectivity index (χ0n) is 11.1. The van der Waals surface area contributed by atoms with Crippen LogP contribution in [0.25, 0.3) is 6.08 Å². The molecule has 2 aromatic carbocycles. The first kappa shape index (κ1) is 14.2. The van der Waals surface area contributed by atoms with Crippen LogP contribution in [0.2, 0.25) is 0 Å². The Morgan fingerprint density at radius 1 is 0.850 bits per heavy atom. The van der Waals surface area contributed by atoms with Crippen molar-refractivity contribution in [3.8, 4) is 11.5 Å². The second kappa shape index (κ2) is 6.78. The van der Waals surface area contributed by atoms with Crippen molar-refractivity contribution in [3.63, 3.8) is 0 Å². The van der Waals surface area contributed by atoms with Crippen LogP contribution < -0.4 is 0 Å². The van der Waals surface area contributed by atoms with Gasteiger partial charge in [-0.1, -0.05) is 36.4 Å². The van der Waals surface area contributed by atoms with Gasteiger partial charge in [-0.2, -0.15) is 0 Å². The lowest BCUT2D eigenvalue weighted by Crippen LogP contribution is -1.95. The van der Waals surface area contributed by atoms with E-state index in [1.807, 2.05) is 24.3 Å². The lowest BCUT2D eigenvalue weighted by atomic mass is 10.0. The lowest BCUT2D eigenvalue weighted by molar-refractivity contribution is 0.169. The van der Waals surface area contributed by atoms with E-state index in [-0.39, 0.29) is 11.5 Å². The van der Waals surface area contributed by atoms with Crippen LogP contribution in [-0.4, -0.2) is 15.3 Å². The van der Waals surface area contributed by atoms with Crippen molar-refractivity contribution in [1.82, 2.24) is 0 Å². The Morgan fingerprint density at radius 3 is 2.00 bits per heavy atom. The van der Waals surface area contributed by atoms with E-state index in [0.717, 1.165) is 17.5 Å². The van der Waals surface area contributed by atoms with Gasteiger partial charge in [0.2, 0.25) is 0 Å². The number of hydrogen-bond donors (Lipinski definition) is 3. The summed E-state index contributed by atoms with van der Waals surface area (Å²) >= 11 is 0. The molecule has 0 spiro atoms. The van der Waals surface area contributed by atoms with Gasteiger partial charge in [-0.25, -0.2) is 0 Å². The van der Waals surface area contributed by atoms with E-state index >= 15 is 0 Å². The molecule has 0 aliphatic rings. The number of benzene rings is 2. The molecule has 104 valence electrons. The van der Waals surface area contributed by atoms with E-state index in [0.29, 0.717) is 6.42 Å². The highest BCUT2D eigenvalue weighted by Gasteiger charge is 2.05. The Labute approximate surface area is 118 Å². The van der Waals surface area contributed by atoms with E-state index in [4.69, 9.17) is 0 Å². The lowest BCUT2D eigenvalue weighted by Gasteiger charge is -2.09. The average Bonchev–Trinajstić information content (AvgIpc) is 2.46. The highest BCUT2D eigenvalue weighted by Crippen LogP contribution is 2.21. The van der Waals surface area contributed by atoms with Crippen LogP contribution in [0.15, 0.2) is 54.6 Å². The van der Waals surface area contributed by atoms with Gasteiger partial charge in [0.1, 0.15) is 11.5 Å². The quantitative estimate of drug-likeness (QED) is 0.777. The smallest absolute Gasteiger partial charge is 0.115 e. The van der Waals surface area contributed by atoms with Crippen LogP contribution in [0.1, 0.15) is 30.1 Å². The molecule has 0 bridgehead atoms. The predicted molar refractivity (Wildman–Crippen MR) is 79.4 cm³/mol. The molecule has 1 atom stereocenters. The monoisotopic (exact) mass is 270 g/mol. The molecule has 0 heterocycles. The van der Waals surface area contributed by atoms with E-state index in [1.165, 1.54) is 0 Å². The molecule has 3 heteroatoms. The second-order valence-corrected chi connectivity index (χ2v) is 4.68. The molecule has 0 radical (unpaired) electrons. The molecule has 3 nitrogen and oxygen atoms in total. The molecule has 0 aliphatic carbocycles. The Hall–Kier alpha value is -2.26. The van der Waals surface area contributed by atoms with Crippen molar-refractivity contribution in [2.75, 3.05) is 0 Å². The fraction of sp³-hybridized carbons (Fsp3) is 0.176. The van der Waals surface area contributed by atoms with Gasteiger partial charge in [-0.3, -0.25) is 0 Å². The summed E-state index contributed by atoms with van der Waals surface area (Å²) in [6, 6.07) is 13.6. The number of aliphatic hydroxyl groups excluding tert-OH is 1. The highest BCUT2D eigenvalue weighted by molar-refractivity contribution is 5.50. The third-order valence-electron chi connectivity index (χ3n) is 3.09. The van der Waals surface area contributed by atoms with Gasteiger partial charge in [0, 0.05) is 0 Å². The van der Waals surface area contributed by atoms with E-state index in [1.54, 1.807) is 36.4 Å². The van der Waals surface area contributed by atoms with Crippen LogP contribution in [0.5, 0.6) is 11.5 Å². The molecular formula is C17H18O3. The molecule has 0 fully saturated rings. The predicted octanol–water partition coefficient (Wildman–Crippen LogP) is 3.62. The molecule has 2 aromatic rings. The Kier molecular flexibility index (Phi) is 4.80. The summed E-state index contributed by atoms with van der Waals surface area (Å²) in [6.45, 7) is 0. The number of allylic oxidation sites excluding steroid dienone is 1. The third kappa shape index (κ3) is 4.14. The largest absolute Gasteiger partial charge is 0.508 e. The number of phenols is 2. The first-order chi connectivity index (χ1) is 9.65. The summed E-state index contributed by atoms with van der Waals surface area (Å²) in [5.74, 6) is 0.457. The van der Waals surface area contributed by atoms with Gasteiger partial charge in [-0.15, -0.1) is 0 Å². The molecule has 0 amide bonds. The highest BCUT2D eigenvalue weighted by atomic mass is 16.3. The fourth-order valence-electron chi connectivity index (χ4n) is 1.92. The molecule has 2 rings (SSSR count). The normalized spacial score (nSPS) is 12.7. The molecule has 0 saturated heterocycles. The van der Waals surface area contributed by atoms with E-state index in [9.17, 15) is 15.3 Å². The number of phenolic OH excluding ortho intramolecular Hbond substituents is 2. The van der Waals surface area contributed by atoms with Crippen molar-refractivity contribution in [2.45, 2.75) is 18.9 Å². The average molecular weight is 270 g/mol. The standard InChI is InChI=1S/C17H18O3/c18-15-9-5-13(6-10-15)3-1-2-4-17(20)14-7-11-16(19)12-8-14/h1,3,5-12,17-20H,2,4H2. The molecule has 3 N–H and O–H groups in total. The summed E-state index contributed by atoms with van der Waals surface area (Å²) in [6.07, 6.45) is 4.81. The summed E-state index contributed by atoms with van der Waals surface area (Å²) in [7, 11) is 0. The number of rotatable bonds is 5. The van der Waals surface area contributed by atoms with Crippen molar-refractivity contribution < 1.29 is 15.3 Å². The van der Waals surface area contributed by atoms with Gasteiger partial charge < -0.3 is 15.3 Å². The molecule has 0 aromatic heterocycles.